The van der Waals surface area contributed by atoms with Crippen LogP contribution >= 0.6 is 0 Å². The lowest BCUT2D eigenvalue weighted by Gasteiger charge is -2.14. The first-order valence-electron chi connectivity index (χ1n) is 9.43. The molecule has 0 unspecified atom stereocenters. The van der Waals surface area contributed by atoms with Crippen LogP contribution in [-0.4, -0.2) is 25.7 Å². The highest BCUT2D eigenvalue weighted by atomic mass is 16.5. The van der Waals surface area contributed by atoms with Crippen LogP contribution in [0.5, 0.6) is 11.5 Å². The molecule has 2 aromatic carbocycles. The van der Waals surface area contributed by atoms with Crippen LogP contribution < -0.4 is 20.1 Å². The molecule has 2 N–H and O–H groups in total. The minimum Gasteiger partial charge on any atom is -0.490 e. The molecule has 0 heterocycles. The van der Waals surface area contributed by atoms with E-state index in [0.717, 1.165) is 29.9 Å². The normalized spacial score (nSPS) is 10.7. The van der Waals surface area contributed by atoms with Gasteiger partial charge in [-0.25, -0.2) is 0 Å². The zero-order chi connectivity index (χ0) is 19.6. The second-order valence-corrected chi connectivity index (χ2v) is 6.94. The van der Waals surface area contributed by atoms with Gasteiger partial charge in [-0.15, -0.1) is 0 Å². The first-order chi connectivity index (χ1) is 13.0. The summed E-state index contributed by atoms with van der Waals surface area (Å²) in [4.78, 5) is 12.1. The van der Waals surface area contributed by atoms with Crippen LogP contribution in [0.4, 0.5) is 5.69 Å². The molecule has 27 heavy (non-hydrogen) atoms. The summed E-state index contributed by atoms with van der Waals surface area (Å²) in [7, 11) is 0. The number of carbonyl (C=O) groups is 1. The van der Waals surface area contributed by atoms with Crippen molar-refractivity contribution in [3.05, 3.63) is 53.6 Å². The predicted octanol–water partition coefficient (Wildman–Crippen LogP) is 4.16. The third-order valence-electron chi connectivity index (χ3n) is 3.88. The Kier molecular flexibility index (Phi) is 8.14. The molecule has 1 amide bonds. The van der Waals surface area contributed by atoms with E-state index in [0.29, 0.717) is 24.0 Å². The Hall–Kier alpha value is -2.53. The molecule has 5 heteroatoms. The summed E-state index contributed by atoms with van der Waals surface area (Å²) in [6, 6.07) is 13.5. The van der Waals surface area contributed by atoms with Gasteiger partial charge in [0.15, 0.2) is 18.1 Å². The SMILES string of the molecule is CCOc1cc(CNCC(C)C)ccc1OCC(=O)Nc1ccc(C)cc1. The van der Waals surface area contributed by atoms with E-state index in [1.807, 2.05) is 56.3 Å². The van der Waals surface area contributed by atoms with E-state index in [2.05, 4.69) is 24.5 Å². The van der Waals surface area contributed by atoms with Gasteiger partial charge in [0.05, 0.1) is 6.61 Å². The van der Waals surface area contributed by atoms with E-state index in [9.17, 15) is 4.79 Å². The molecule has 0 aromatic heterocycles. The molecular formula is C22H30N2O3. The summed E-state index contributed by atoms with van der Waals surface area (Å²) in [5, 5.41) is 6.24. The van der Waals surface area contributed by atoms with Crippen molar-refractivity contribution in [3.63, 3.8) is 0 Å². The fourth-order valence-corrected chi connectivity index (χ4v) is 2.53. The highest BCUT2D eigenvalue weighted by molar-refractivity contribution is 5.91. The van der Waals surface area contributed by atoms with Crippen molar-refractivity contribution in [1.82, 2.24) is 5.32 Å². The van der Waals surface area contributed by atoms with Gasteiger partial charge < -0.3 is 20.1 Å². The lowest BCUT2D eigenvalue weighted by molar-refractivity contribution is -0.118. The number of carbonyl (C=O) groups excluding carboxylic acids is 1. The number of aryl methyl sites for hydroxylation is 1. The van der Waals surface area contributed by atoms with E-state index in [-0.39, 0.29) is 12.5 Å². The van der Waals surface area contributed by atoms with E-state index < -0.39 is 0 Å². The van der Waals surface area contributed by atoms with Crippen LogP contribution in [0, 0.1) is 12.8 Å². The van der Waals surface area contributed by atoms with E-state index in [4.69, 9.17) is 9.47 Å². The molecular weight excluding hydrogens is 340 g/mol. The standard InChI is InChI=1S/C22H30N2O3/c1-5-26-21-12-18(14-23-13-16(2)3)8-11-20(21)27-15-22(25)24-19-9-6-17(4)7-10-19/h6-12,16,23H,5,13-15H2,1-4H3,(H,24,25). The molecule has 0 saturated carbocycles. The molecule has 0 radical (unpaired) electrons. The molecule has 5 nitrogen and oxygen atoms in total. The van der Waals surface area contributed by atoms with Crippen molar-refractivity contribution < 1.29 is 14.3 Å². The quantitative estimate of drug-likeness (QED) is 0.659. The molecule has 0 fully saturated rings. The zero-order valence-corrected chi connectivity index (χ0v) is 16.7. The van der Waals surface area contributed by atoms with Gasteiger partial charge in [-0.1, -0.05) is 37.6 Å². The van der Waals surface area contributed by atoms with Crippen LogP contribution in [0.1, 0.15) is 31.9 Å². The lowest BCUT2D eigenvalue weighted by atomic mass is 10.2. The van der Waals surface area contributed by atoms with Gasteiger partial charge in [0, 0.05) is 12.2 Å². The zero-order valence-electron chi connectivity index (χ0n) is 16.7. The first-order valence-corrected chi connectivity index (χ1v) is 9.43. The van der Waals surface area contributed by atoms with E-state index in [1.54, 1.807) is 0 Å². The topological polar surface area (TPSA) is 59.6 Å². The summed E-state index contributed by atoms with van der Waals surface area (Å²) in [5.41, 5.74) is 3.02. The number of hydrogen-bond donors (Lipinski definition) is 2. The van der Waals surface area contributed by atoms with Crippen molar-refractivity contribution in [2.24, 2.45) is 5.92 Å². The van der Waals surface area contributed by atoms with Gasteiger partial charge in [0.1, 0.15) is 0 Å². The summed E-state index contributed by atoms with van der Waals surface area (Å²) in [5.74, 6) is 1.63. The minimum absolute atomic E-state index is 0.0705. The number of rotatable bonds is 10. The van der Waals surface area contributed by atoms with Crippen LogP contribution in [0.2, 0.25) is 0 Å². The van der Waals surface area contributed by atoms with Crippen molar-refractivity contribution in [3.8, 4) is 11.5 Å². The van der Waals surface area contributed by atoms with Crippen LogP contribution in [0.25, 0.3) is 0 Å². The second-order valence-electron chi connectivity index (χ2n) is 6.94. The van der Waals surface area contributed by atoms with Gasteiger partial charge in [-0.3, -0.25) is 4.79 Å². The number of hydrogen-bond acceptors (Lipinski definition) is 4. The van der Waals surface area contributed by atoms with Crippen LogP contribution in [0.15, 0.2) is 42.5 Å². The van der Waals surface area contributed by atoms with Gasteiger partial charge in [-0.05, 0) is 56.1 Å². The molecule has 0 atom stereocenters. The maximum absolute atomic E-state index is 12.1. The maximum atomic E-state index is 12.1. The monoisotopic (exact) mass is 370 g/mol. The fourth-order valence-electron chi connectivity index (χ4n) is 2.53. The van der Waals surface area contributed by atoms with Crippen molar-refractivity contribution in [2.75, 3.05) is 25.1 Å². The molecule has 0 bridgehead atoms. The highest BCUT2D eigenvalue weighted by Crippen LogP contribution is 2.28. The molecule has 0 spiro atoms. The van der Waals surface area contributed by atoms with Crippen molar-refractivity contribution >= 4 is 11.6 Å². The fraction of sp³-hybridized carbons (Fsp3) is 0.409. The van der Waals surface area contributed by atoms with Crippen molar-refractivity contribution in [1.29, 1.82) is 0 Å². The molecule has 0 aliphatic rings. The number of anilines is 1. The maximum Gasteiger partial charge on any atom is 0.262 e. The Bertz CT molecular complexity index is 727. The van der Waals surface area contributed by atoms with Gasteiger partial charge >= 0.3 is 0 Å². The summed E-state index contributed by atoms with van der Waals surface area (Å²) >= 11 is 0. The number of benzene rings is 2. The predicted molar refractivity (Wildman–Crippen MR) is 109 cm³/mol. The lowest BCUT2D eigenvalue weighted by Crippen LogP contribution is -2.20. The van der Waals surface area contributed by atoms with Gasteiger partial charge in [0.25, 0.3) is 5.91 Å². The smallest absolute Gasteiger partial charge is 0.262 e. The Labute approximate surface area is 162 Å². The number of nitrogens with one attached hydrogen (secondary N) is 2. The largest absolute Gasteiger partial charge is 0.490 e. The number of ether oxygens (including phenoxy) is 2. The third-order valence-corrected chi connectivity index (χ3v) is 3.88. The third kappa shape index (κ3) is 7.31. The summed E-state index contributed by atoms with van der Waals surface area (Å²) < 4.78 is 11.4. The van der Waals surface area contributed by atoms with Crippen LogP contribution in [0.3, 0.4) is 0 Å². The van der Waals surface area contributed by atoms with Gasteiger partial charge in [-0.2, -0.15) is 0 Å². The van der Waals surface area contributed by atoms with E-state index >= 15 is 0 Å². The molecule has 146 valence electrons. The Morgan fingerprint density at radius 3 is 2.44 bits per heavy atom. The molecule has 0 aliphatic heterocycles. The minimum atomic E-state index is -0.205. The number of amides is 1. The molecule has 0 saturated heterocycles. The Morgan fingerprint density at radius 2 is 1.78 bits per heavy atom. The highest BCUT2D eigenvalue weighted by Gasteiger charge is 2.10. The van der Waals surface area contributed by atoms with Crippen molar-refractivity contribution in [2.45, 2.75) is 34.2 Å². The Balaban J connectivity index is 1.93. The van der Waals surface area contributed by atoms with E-state index in [1.165, 1.54) is 0 Å². The second kappa shape index (κ2) is 10.6. The average molecular weight is 370 g/mol. The first kappa shape index (κ1) is 20.8. The van der Waals surface area contributed by atoms with Gasteiger partial charge in [0.2, 0.25) is 0 Å². The Morgan fingerprint density at radius 1 is 1.04 bits per heavy atom. The average Bonchev–Trinajstić information content (AvgIpc) is 2.63. The molecule has 2 rings (SSSR count). The molecule has 2 aromatic rings. The van der Waals surface area contributed by atoms with Crippen LogP contribution in [-0.2, 0) is 11.3 Å². The summed E-state index contributed by atoms with van der Waals surface area (Å²) in [6.07, 6.45) is 0. The molecule has 0 aliphatic carbocycles. The summed E-state index contributed by atoms with van der Waals surface area (Å²) in [6.45, 7) is 10.5.